The van der Waals surface area contributed by atoms with Gasteiger partial charge in [0.05, 0.1) is 12.4 Å². The van der Waals surface area contributed by atoms with E-state index < -0.39 is 0 Å². The summed E-state index contributed by atoms with van der Waals surface area (Å²) in [6.07, 6.45) is 5.40. The molecule has 1 aliphatic heterocycles. The monoisotopic (exact) mass is 313 g/mol. The maximum Gasteiger partial charge on any atom is 0.318 e. The van der Waals surface area contributed by atoms with Crippen LogP contribution in [0.4, 0.5) is 4.79 Å². The first-order valence-corrected chi connectivity index (χ1v) is 7.98. The minimum absolute atomic E-state index is 0.00654. The maximum absolute atomic E-state index is 12.6. The Morgan fingerprint density at radius 3 is 2.87 bits per heavy atom. The number of nitrogens with one attached hydrogen (secondary N) is 1. The molecular weight excluding hydrogens is 290 g/mol. The topological polar surface area (TPSA) is 53.4 Å². The van der Waals surface area contributed by atoms with Crippen molar-refractivity contribution in [1.29, 1.82) is 0 Å². The number of aromatic nitrogens is 2. The second-order valence-corrected chi connectivity index (χ2v) is 5.91. The molecule has 2 aromatic rings. The van der Waals surface area contributed by atoms with Crippen molar-refractivity contribution in [3.8, 4) is 0 Å². The molecule has 0 saturated carbocycles. The molecule has 2 amide bonds. The number of urea groups is 1. The van der Waals surface area contributed by atoms with Gasteiger partial charge in [-0.1, -0.05) is 30.3 Å². The summed E-state index contributed by atoms with van der Waals surface area (Å²) in [5.74, 6) is 0. The van der Waals surface area contributed by atoms with Gasteiger partial charge >= 0.3 is 6.03 Å². The summed E-state index contributed by atoms with van der Waals surface area (Å²) in [5, 5.41) is 3.03. The Morgan fingerprint density at radius 2 is 2.13 bits per heavy atom. The maximum atomic E-state index is 12.6. The van der Waals surface area contributed by atoms with Crippen molar-refractivity contribution in [2.45, 2.75) is 12.6 Å². The third-order valence-corrected chi connectivity index (χ3v) is 4.23. The smallest absolute Gasteiger partial charge is 0.318 e. The van der Waals surface area contributed by atoms with E-state index in [4.69, 9.17) is 0 Å². The van der Waals surface area contributed by atoms with E-state index in [1.165, 1.54) is 5.56 Å². The zero-order valence-corrected chi connectivity index (χ0v) is 13.4. The van der Waals surface area contributed by atoms with E-state index in [-0.39, 0.29) is 12.1 Å². The average Bonchev–Trinajstić information content (AvgIpc) is 3.09. The van der Waals surface area contributed by atoms with Crippen LogP contribution in [0.5, 0.6) is 0 Å². The molecule has 1 atom stereocenters. The van der Waals surface area contributed by atoms with E-state index in [0.29, 0.717) is 6.54 Å². The van der Waals surface area contributed by atoms with Gasteiger partial charge in [0.2, 0.25) is 0 Å². The first-order chi connectivity index (χ1) is 11.2. The highest BCUT2D eigenvalue weighted by molar-refractivity contribution is 5.75. The van der Waals surface area contributed by atoms with Crippen LogP contribution >= 0.6 is 0 Å². The van der Waals surface area contributed by atoms with E-state index in [1.807, 2.05) is 33.9 Å². The molecule has 0 radical (unpaired) electrons. The first-order valence-electron chi connectivity index (χ1n) is 7.98. The number of likely N-dealkylation sites (N-methyl/N-ethyl adjacent to an activating group) is 1. The molecule has 1 aromatic carbocycles. The molecule has 6 nitrogen and oxygen atoms in total. The molecule has 1 unspecified atom stereocenters. The molecule has 0 aliphatic carbocycles. The van der Waals surface area contributed by atoms with E-state index in [0.717, 1.165) is 26.2 Å². The number of amides is 2. The lowest BCUT2D eigenvalue weighted by molar-refractivity contribution is 0.109. The summed E-state index contributed by atoms with van der Waals surface area (Å²) >= 11 is 0. The number of rotatable bonds is 4. The van der Waals surface area contributed by atoms with Crippen LogP contribution in [0.1, 0.15) is 11.6 Å². The Labute approximate surface area is 136 Å². The Hall–Kier alpha value is -2.34. The van der Waals surface area contributed by atoms with Crippen molar-refractivity contribution in [3.05, 3.63) is 54.6 Å². The molecule has 2 heterocycles. The number of benzene rings is 1. The normalized spacial score (nSPS) is 18.8. The van der Waals surface area contributed by atoms with Gasteiger partial charge in [0, 0.05) is 45.1 Å². The van der Waals surface area contributed by atoms with Gasteiger partial charge in [-0.2, -0.15) is 0 Å². The van der Waals surface area contributed by atoms with Gasteiger partial charge in [0.1, 0.15) is 0 Å². The van der Waals surface area contributed by atoms with Crippen molar-refractivity contribution >= 4 is 6.03 Å². The SMILES string of the molecule is CN1CCN(C(=O)NCCn2ccnc2)C(c2ccccc2)C1. The molecule has 1 aliphatic rings. The van der Waals surface area contributed by atoms with E-state index in [1.54, 1.807) is 12.5 Å². The highest BCUT2D eigenvalue weighted by Crippen LogP contribution is 2.24. The summed E-state index contributed by atoms with van der Waals surface area (Å²) in [5.41, 5.74) is 1.18. The Balaban J connectivity index is 1.62. The minimum Gasteiger partial charge on any atom is -0.336 e. The van der Waals surface area contributed by atoms with Crippen LogP contribution in [-0.2, 0) is 6.54 Å². The molecule has 3 rings (SSSR count). The molecule has 122 valence electrons. The molecular formula is C17H23N5O. The number of nitrogens with zero attached hydrogens (tertiary/aromatic N) is 4. The van der Waals surface area contributed by atoms with Crippen LogP contribution in [0.3, 0.4) is 0 Å². The van der Waals surface area contributed by atoms with Crippen molar-refractivity contribution in [2.24, 2.45) is 0 Å². The third-order valence-electron chi connectivity index (χ3n) is 4.23. The first kappa shape index (κ1) is 15.6. The quantitative estimate of drug-likeness (QED) is 0.932. The highest BCUT2D eigenvalue weighted by atomic mass is 16.2. The van der Waals surface area contributed by atoms with Crippen molar-refractivity contribution < 1.29 is 4.79 Å². The lowest BCUT2D eigenvalue weighted by atomic mass is 10.0. The van der Waals surface area contributed by atoms with Gasteiger partial charge in [-0.25, -0.2) is 9.78 Å². The number of hydrogen-bond acceptors (Lipinski definition) is 3. The van der Waals surface area contributed by atoms with Gasteiger partial charge in [-0.15, -0.1) is 0 Å². The third kappa shape index (κ3) is 3.90. The van der Waals surface area contributed by atoms with Crippen molar-refractivity contribution in [2.75, 3.05) is 33.2 Å². The van der Waals surface area contributed by atoms with Gasteiger partial charge in [-0.3, -0.25) is 0 Å². The fraction of sp³-hybridized carbons (Fsp3) is 0.412. The van der Waals surface area contributed by atoms with E-state index in [9.17, 15) is 4.79 Å². The van der Waals surface area contributed by atoms with E-state index in [2.05, 4.69) is 34.4 Å². The number of imidazole rings is 1. The highest BCUT2D eigenvalue weighted by Gasteiger charge is 2.29. The van der Waals surface area contributed by atoms with Gasteiger partial charge in [0.15, 0.2) is 0 Å². The molecule has 6 heteroatoms. The number of carbonyl (C=O) groups is 1. The Kier molecular flexibility index (Phi) is 4.92. The van der Waals surface area contributed by atoms with Crippen LogP contribution in [0, 0.1) is 0 Å². The predicted octanol–water partition coefficient (Wildman–Crippen LogP) is 1.58. The zero-order chi connectivity index (χ0) is 16.1. The summed E-state index contributed by atoms with van der Waals surface area (Å²) in [6.45, 7) is 3.84. The van der Waals surface area contributed by atoms with Gasteiger partial charge in [-0.05, 0) is 12.6 Å². The lowest BCUT2D eigenvalue weighted by Crippen LogP contribution is -2.52. The van der Waals surface area contributed by atoms with Gasteiger partial charge < -0.3 is 19.7 Å². The summed E-state index contributed by atoms with van der Waals surface area (Å²) < 4.78 is 1.96. The van der Waals surface area contributed by atoms with Crippen LogP contribution in [0.25, 0.3) is 0 Å². The second kappa shape index (κ2) is 7.28. The molecule has 1 fully saturated rings. The fourth-order valence-corrected chi connectivity index (χ4v) is 2.94. The molecule has 1 saturated heterocycles. The van der Waals surface area contributed by atoms with Gasteiger partial charge in [0.25, 0.3) is 0 Å². The molecule has 1 aromatic heterocycles. The largest absolute Gasteiger partial charge is 0.336 e. The van der Waals surface area contributed by atoms with Crippen LogP contribution in [0.15, 0.2) is 49.1 Å². The predicted molar refractivity (Wildman–Crippen MR) is 89.0 cm³/mol. The Morgan fingerprint density at radius 1 is 1.30 bits per heavy atom. The molecule has 0 bridgehead atoms. The average molecular weight is 313 g/mol. The standard InChI is InChI=1S/C17H23N5O/c1-20-11-12-22(16(13-20)15-5-3-2-4-6-15)17(23)19-8-10-21-9-7-18-14-21/h2-7,9,14,16H,8,10-13H2,1H3,(H,19,23). The molecule has 0 spiro atoms. The van der Waals surface area contributed by atoms with E-state index >= 15 is 0 Å². The number of carbonyl (C=O) groups excluding carboxylic acids is 1. The van der Waals surface area contributed by atoms with Crippen molar-refractivity contribution in [3.63, 3.8) is 0 Å². The summed E-state index contributed by atoms with van der Waals surface area (Å²) in [6, 6.07) is 10.4. The molecule has 23 heavy (non-hydrogen) atoms. The number of hydrogen-bond donors (Lipinski definition) is 1. The Bertz CT molecular complexity index is 613. The zero-order valence-electron chi connectivity index (χ0n) is 13.4. The lowest BCUT2D eigenvalue weighted by Gasteiger charge is -2.40. The minimum atomic E-state index is 0.00654. The van der Waals surface area contributed by atoms with Crippen LogP contribution < -0.4 is 5.32 Å². The summed E-state index contributed by atoms with van der Waals surface area (Å²) in [7, 11) is 2.10. The second-order valence-electron chi connectivity index (χ2n) is 5.91. The van der Waals surface area contributed by atoms with Crippen LogP contribution in [-0.4, -0.2) is 58.6 Å². The van der Waals surface area contributed by atoms with Crippen LogP contribution in [0.2, 0.25) is 0 Å². The fourth-order valence-electron chi connectivity index (χ4n) is 2.94. The summed E-state index contributed by atoms with van der Waals surface area (Å²) in [4.78, 5) is 20.8. The number of piperazine rings is 1. The molecule has 1 N–H and O–H groups in total. The van der Waals surface area contributed by atoms with Crippen molar-refractivity contribution in [1.82, 2.24) is 24.7 Å².